The fourth-order valence-electron chi connectivity index (χ4n) is 3.57. The summed E-state index contributed by atoms with van der Waals surface area (Å²) in [5, 5.41) is 3.12. The van der Waals surface area contributed by atoms with Crippen molar-refractivity contribution in [1.82, 2.24) is 10.2 Å². The lowest BCUT2D eigenvalue weighted by molar-refractivity contribution is -0.129. The number of benzene rings is 1. The van der Waals surface area contributed by atoms with Crippen LogP contribution in [0.3, 0.4) is 0 Å². The molecule has 1 aromatic carbocycles. The van der Waals surface area contributed by atoms with Gasteiger partial charge in [0, 0.05) is 25.6 Å². The standard InChI is InChI=1S/C19H26N2O2/c1-14-6-8-15(9-7-14)10-11-21-13-16(12-18(21)22)19(23)20-17-4-2-3-5-17/h6-9,16-17H,2-5,10-13H2,1H3,(H,20,23)/t16-/m0/s1. The van der Waals surface area contributed by atoms with Gasteiger partial charge < -0.3 is 10.2 Å². The van der Waals surface area contributed by atoms with Crippen LogP contribution in [0.4, 0.5) is 0 Å². The van der Waals surface area contributed by atoms with Crippen molar-refractivity contribution in [2.24, 2.45) is 5.92 Å². The minimum Gasteiger partial charge on any atom is -0.353 e. The molecule has 124 valence electrons. The molecule has 4 nitrogen and oxygen atoms in total. The first-order valence-electron chi connectivity index (χ1n) is 8.75. The van der Waals surface area contributed by atoms with E-state index in [0.717, 1.165) is 19.3 Å². The molecule has 0 unspecified atom stereocenters. The fourth-order valence-corrected chi connectivity index (χ4v) is 3.57. The molecule has 1 aliphatic carbocycles. The molecule has 0 radical (unpaired) electrons. The summed E-state index contributed by atoms with van der Waals surface area (Å²) in [6, 6.07) is 8.75. The van der Waals surface area contributed by atoms with E-state index in [4.69, 9.17) is 0 Å². The van der Waals surface area contributed by atoms with E-state index in [1.54, 1.807) is 0 Å². The minimum atomic E-state index is -0.166. The Morgan fingerprint density at radius 3 is 2.61 bits per heavy atom. The maximum Gasteiger partial charge on any atom is 0.225 e. The van der Waals surface area contributed by atoms with E-state index >= 15 is 0 Å². The molecule has 2 amide bonds. The van der Waals surface area contributed by atoms with E-state index in [9.17, 15) is 9.59 Å². The highest BCUT2D eigenvalue weighted by atomic mass is 16.2. The second-order valence-corrected chi connectivity index (χ2v) is 6.97. The number of carbonyl (C=O) groups is 2. The third-order valence-corrected chi connectivity index (χ3v) is 5.08. The molecule has 1 atom stereocenters. The Hall–Kier alpha value is -1.84. The van der Waals surface area contributed by atoms with Gasteiger partial charge in [-0.15, -0.1) is 0 Å². The first kappa shape index (κ1) is 16.0. The summed E-state index contributed by atoms with van der Waals surface area (Å²) in [6.45, 7) is 3.35. The van der Waals surface area contributed by atoms with Crippen LogP contribution in [0.1, 0.15) is 43.2 Å². The van der Waals surface area contributed by atoms with Crippen molar-refractivity contribution in [3.8, 4) is 0 Å². The first-order chi connectivity index (χ1) is 11.1. The molecule has 1 aromatic rings. The van der Waals surface area contributed by atoms with E-state index in [-0.39, 0.29) is 17.7 Å². The minimum absolute atomic E-state index is 0.0723. The second-order valence-electron chi connectivity index (χ2n) is 6.97. The van der Waals surface area contributed by atoms with Crippen LogP contribution in [0.2, 0.25) is 0 Å². The predicted molar refractivity (Wildman–Crippen MR) is 90.0 cm³/mol. The van der Waals surface area contributed by atoms with Crippen molar-refractivity contribution in [2.45, 2.75) is 51.5 Å². The molecule has 2 fully saturated rings. The normalized spacial score (nSPS) is 21.9. The average molecular weight is 314 g/mol. The van der Waals surface area contributed by atoms with Crippen molar-refractivity contribution in [3.05, 3.63) is 35.4 Å². The van der Waals surface area contributed by atoms with Crippen LogP contribution < -0.4 is 5.32 Å². The fraction of sp³-hybridized carbons (Fsp3) is 0.579. The number of amides is 2. The molecule has 0 aromatic heterocycles. The summed E-state index contributed by atoms with van der Waals surface area (Å²) in [5.74, 6) is 0.0212. The lowest BCUT2D eigenvalue weighted by Crippen LogP contribution is -2.38. The number of hydrogen-bond donors (Lipinski definition) is 1. The molecule has 0 bridgehead atoms. The van der Waals surface area contributed by atoms with Gasteiger partial charge in [0.05, 0.1) is 5.92 Å². The average Bonchev–Trinajstić information content (AvgIpc) is 3.16. The quantitative estimate of drug-likeness (QED) is 0.907. The smallest absolute Gasteiger partial charge is 0.225 e. The van der Waals surface area contributed by atoms with Crippen LogP contribution in [0.25, 0.3) is 0 Å². The van der Waals surface area contributed by atoms with E-state index in [1.807, 2.05) is 4.90 Å². The zero-order valence-corrected chi connectivity index (χ0v) is 13.9. The van der Waals surface area contributed by atoms with Crippen LogP contribution in [0.15, 0.2) is 24.3 Å². The molecule has 1 saturated carbocycles. The molecule has 1 saturated heterocycles. The maximum absolute atomic E-state index is 12.3. The van der Waals surface area contributed by atoms with Gasteiger partial charge in [-0.1, -0.05) is 42.7 Å². The highest BCUT2D eigenvalue weighted by molar-refractivity contribution is 5.89. The van der Waals surface area contributed by atoms with Gasteiger partial charge in [0.25, 0.3) is 0 Å². The summed E-state index contributed by atoms with van der Waals surface area (Å²) in [7, 11) is 0. The maximum atomic E-state index is 12.3. The van der Waals surface area contributed by atoms with Crippen molar-refractivity contribution in [3.63, 3.8) is 0 Å². The SMILES string of the molecule is Cc1ccc(CCN2C[C@@H](C(=O)NC3CCCC3)CC2=O)cc1. The predicted octanol–water partition coefficient (Wildman–Crippen LogP) is 2.44. The van der Waals surface area contributed by atoms with Gasteiger partial charge in [0.1, 0.15) is 0 Å². The van der Waals surface area contributed by atoms with E-state index in [0.29, 0.717) is 25.6 Å². The van der Waals surface area contributed by atoms with Crippen LogP contribution in [0, 0.1) is 12.8 Å². The molecule has 1 heterocycles. The largest absolute Gasteiger partial charge is 0.353 e. The Labute approximate surface area is 138 Å². The lowest BCUT2D eigenvalue weighted by Gasteiger charge is -2.18. The Balaban J connectivity index is 1.48. The van der Waals surface area contributed by atoms with Crippen LogP contribution in [0.5, 0.6) is 0 Å². The highest BCUT2D eigenvalue weighted by Gasteiger charge is 2.34. The summed E-state index contributed by atoms with van der Waals surface area (Å²) in [4.78, 5) is 26.3. The van der Waals surface area contributed by atoms with Crippen molar-refractivity contribution < 1.29 is 9.59 Å². The molecule has 1 N–H and O–H groups in total. The van der Waals surface area contributed by atoms with Crippen LogP contribution in [-0.2, 0) is 16.0 Å². The summed E-state index contributed by atoms with van der Waals surface area (Å²) in [5.41, 5.74) is 2.48. The van der Waals surface area contributed by atoms with Crippen molar-refractivity contribution in [1.29, 1.82) is 0 Å². The van der Waals surface area contributed by atoms with Gasteiger partial charge in [-0.25, -0.2) is 0 Å². The molecule has 23 heavy (non-hydrogen) atoms. The van der Waals surface area contributed by atoms with E-state index in [1.165, 1.54) is 24.0 Å². The topological polar surface area (TPSA) is 49.4 Å². The summed E-state index contributed by atoms with van der Waals surface area (Å²) >= 11 is 0. The Morgan fingerprint density at radius 1 is 1.22 bits per heavy atom. The summed E-state index contributed by atoms with van der Waals surface area (Å²) in [6.07, 6.45) is 5.80. The number of rotatable bonds is 5. The van der Waals surface area contributed by atoms with Gasteiger partial charge in [-0.05, 0) is 31.7 Å². The molecule has 4 heteroatoms. The zero-order valence-electron chi connectivity index (χ0n) is 13.9. The number of aryl methyl sites for hydroxylation is 1. The summed E-state index contributed by atoms with van der Waals surface area (Å²) < 4.78 is 0. The Kier molecular flexibility index (Phi) is 4.99. The van der Waals surface area contributed by atoms with Gasteiger partial charge >= 0.3 is 0 Å². The molecule has 2 aliphatic rings. The third kappa shape index (κ3) is 4.12. The Bertz CT molecular complexity index is 561. The number of carbonyl (C=O) groups excluding carboxylic acids is 2. The highest BCUT2D eigenvalue weighted by Crippen LogP contribution is 2.22. The first-order valence-corrected chi connectivity index (χ1v) is 8.75. The van der Waals surface area contributed by atoms with Gasteiger partial charge in [-0.2, -0.15) is 0 Å². The monoisotopic (exact) mass is 314 g/mol. The molecular formula is C19H26N2O2. The molecule has 1 aliphatic heterocycles. The Morgan fingerprint density at radius 2 is 1.91 bits per heavy atom. The van der Waals surface area contributed by atoms with Gasteiger partial charge in [-0.3, -0.25) is 9.59 Å². The van der Waals surface area contributed by atoms with E-state index in [2.05, 4.69) is 36.5 Å². The third-order valence-electron chi connectivity index (χ3n) is 5.08. The van der Waals surface area contributed by atoms with Crippen molar-refractivity contribution >= 4 is 11.8 Å². The molecule has 3 rings (SSSR count). The van der Waals surface area contributed by atoms with Crippen LogP contribution in [-0.4, -0.2) is 35.8 Å². The second kappa shape index (κ2) is 7.16. The van der Waals surface area contributed by atoms with Crippen LogP contribution >= 0.6 is 0 Å². The van der Waals surface area contributed by atoms with Gasteiger partial charge in [0.15, 0.2) is 0 Å². The van der Waals surface area contributed by atoms with E-state index < -0.39 is 0 Å². The zero-order chi connectivity index (χ0) is 16.2. The number of nitrogens with one attached hydrogen (secondary N) is 1. The lowest BCUT2D eigenvalue weighted by atomic mass is 10.1. The number of hydrogen-bond acceptors (Lipinski definition) is 2. The number of nitrogens with zero attached hydrogens (tertiary/aromatic N) is 1. The van der Waals surface area contributed by atoms with Gasteiger partial charge in [0.2, 0.25) is 11.8 Å². The number of likely N-dealkylation sites (tertiary alicyclic amines) is 1. The molecular weight excluding hydrogens is 288 g/mol. The van der Waals surface area contributed by atoms with Crippen molar-refractivity contribution in [2.75, 3.05) is 13.1 Å². The molecule has 0 spiro atoms.